The lowest BCUT2D eigenvalue weighted by Crippen LogP contribution is -2.33. The molecule has 0 aliphatic carbocycles. The molecule has 3 nitrogen and oxygen atoms in total. The first-order valence-electron chi connectivity index (χ1n) is 6.02. The van der Waals surface area contributed by atoms with E-state index in [-0.39, 0.29) is 5.91 Å². The molecule has 2 N–H and O–H groups in total. The topological polar surface area (TPSA) is 46.3 Å². The Morgan fingerprint density at radius 1 is 1.39 bits per heavy atom. The molecule has 18 heavy (non-hydrogen) atoms. The van der Waals surface area contributed by atoms with Crippen LogP contribution in [-0.4, -0.2) is 35.4 Å². The summed E-state index contributed by atoms with van der Waals surface area (Å²) in [5.41, 5.74) is 8.17. The summed E-state index contributed by atoms with van der Waals surface area (Å²) in [5, 5.41) is 0. The molecule has 1 fully saturated rings. The Hall–Kier alpha value is -0.680. The number of nitrogen functional groups attached to an aromatic ring is 1. The largest absolute Gasteiger partial charge is 0.398 e. The Balaban J connectivity index is 2.27. The first kappa shape index (κ1) is 13.7. The fraction of sp³-hybridized carbons (Fsp3) is 0.462. The average Bonchev–Trinajstić information content (AvgIpc) is 2.61. The Morgan fingerprint density at radius 3 is 2.94 bits per heavy atom. The van der Waals surface area contributed by atoms with Gasteiger partial charge in [0, 0.05) is 34.6 Å². The number of nitrogens with two attached hydrogens (primary N) is 1. The number of carbonyl (C=O) groups is 1. The fourth-order valence-corrected chi connectivity index (χ4v) is 3.40. The van der Waals surface area contributed by atoms with Crippen LogP contribution in [0.2, 0.25) is 0 Å². The van der Waals surface area contributed by atoms with Gasteiger partial charge in [0.15, 0.2) is 0 Å². The van der Waals surface area contributed by atoms with Crippen LogP contribution in [0.5, 0.6) is 0 Å². The van der Waals surface area contributed by atoms with Crippen LogP contribution in [0.1, 0.15) is 22.3 Å². The van der Waals surface area contributed by atoms with Gasteiger partial charge in [-0.1, -0.05) is 15.9 Å². The van der Waals surface area contributed by atoms with E-state index < -0.39 is 0 Å². The summed E-state index contributed by atoms with van der Waals surface area (Å²) in [4.78, 5) is 14.5. The van der Waals surface area contributed by atoms with Crippen molar-refractivity contribution in [1.82, 2.24) is 4.90 Å². The SMILES string of the molecule is Cc1c(N)cc(Br)cc1C(=O)N1CCCSCC1. The molecule has 1 aromatic rings. The number of nitrogens with zero attached hydrogens (tertiary/aromatic N) is 1. The number of carbonyl (C=O) groups excluding carboxylic acids is 1. The number of hydrogen-bond acceptors (Lipinski definition) is 3. The molecule has 0 bridgehead atoms. The molecule has 98 valence electrons. The van der Waals surface area contributed by atoms with Crippen LogP contribution in [0.15, 0.2) is 16.6 Å². The van der Waals surface area contributed by atoms with Crippen LogP contribution < -0.4 is 5.73 Å². The number of thioether (sulfide) groups is 1. The van der Waals surface area contributed by atoms with Crippen molar-refractivity contribution >= 4 is 39.3 Å². The van der Waals surface area contributed by atoms with Crippen molar-refractivity contribution in [3.63, 3.8) is 0 Å². The van der Waals surface area contributed by atoms with Gasteiger partial charge in [-0.05, 0) is 36.8 Å². The summed E-state index contributed by atoms with van der Waals surface area (Å²) in [6, 6.07) is 3.70. The molecular weight excluding hydrogens is 312 g/mol. The molecule has 0 radical (unpaired) electrons. The lowest BCUT2D eigenvalue weighted by Gasteiger charge is -2.21. The van der Waals surface area contributed by atoms with Crippen LogP contribution in [0.4, 0.5) is 5.69 Å². The van der Waals surface area contributed by atoms with Gasteiger partial charge in [0.05, 0.1) is 0 Å². The molecule has 1 aliphatic rings. The monoisotopic (exact) mass is 328 g/mol. The van der Waals surface area contributed by atoms with E-state index in [1.807, 2.05) is 35.7 Å². The van der Waals surface area contributed by atoms with E-state index in [1.165, 1.54) is 0 Å². The van der Waals surface area contributed by atoms with E-state index in [1.54, 1.807) is 0 Å². The summed E-state index contributed by atoms with van der Waals surface area (Å²) >= 11 is 5.31. The van der Waals surface area contributed by atoms with Crippen molar-refractivity contribution in [3.05, 3.63) is 27.7 Å². The Bertz CT molecular complexity index is 457. The maximum absolute atomic E-state index is 12.5. The molecule has 0 spiro atoms. The van der Waals surface area contributed by atoms with Gasteiger partial charge in [0.2, 0.25) is 0 Å². The molecule has 0 unspecified atom stereocenters. The first-order chi connectivity index (χ1) is 8.59. The molecule has 0 atom stereocenters. The van der Waals surface area contributed by atoms with Gasteiger partial charge in [0.25, 0.3) is 5.91 Å². The van der Waals surface area contributed by atoms with E-state index >= 15 is 0 Å². The van der Waals surface area contributed by atoms with Crippen LogP contribution in [0.25, 0.3) is 0 Å². The van der Waals surface area contributed by atoms with Crippen LogP contribution in [-0.2, 0) is 0 Å². The highest BCUT2D eigenvalue weighted by Gasteiger charge is 2.20. The Morgan fingerprint density at radius 2 is 2.17 bits per heavy atom. The molecule has 1 aliphatic heterocycles. The van der Waals surface area contributed by atoms with Gasteiger partial charge in [-0.25, -0.2) is 0 Å². The van der Waals surface area contributed by atoms with Crippen molar-refractivity contribution in [2.75, 3.05) is 30.3 Å². The number of benzene rings is 1. The van der Waals surface area contributed by atoms with Crippen molar-refractivity contribution < 1.29 is 4.79 Å². The zero-order valence-electron chi connectivity index (χ0n) is 10.4. The predicted molar refractivity (Wildman–Crippen MR) is 81.1 cm³/mol. The summed E-state index contributed by atoms with van der Waals surface area (Å²) in [5.74, 6) is 2.26. The number of rotatable bonds is 1. The summed E-state index contributed by atoms with van der Waals surface area (Å²) in [6.07, 6.45) is 1.07. The third-order valence-corrected chi connectivity index (χ3v) is 4.66. The average molecular weight is 329 g/mol. The van der Waals surface area contributed by atoms with Gasteiger partial charge in [-0.2, -0.15) is 11.8 Å². The molecule has 1 aromatic carbocycles. The van der Waals surface area contributed by atoms with E-state index in [9.17, 15) is 4.79 Å². The lowest BCUT2D eigenvalue weighted by atomic mass is 10.1. The second kappa shape index (κ2) is 5.97. The summed E-state index contributed by atoms with van der Waals surface area (Å²) in [6.45, 7) is 3.58. The van der Waals surface area contributed by atoms with Gasteiger partial charge in [-0.3, -0.25) is 4.79 Å². The minimum atomic E-state index is 0.100. The van der Waals surface area contributed by atoms with Crippen molar-refractivity contribution in [3.8, 4) is 0 Å². The van der Waals surface area contributed by atoms with Gasteiger partial charge >= 0.3 is 0 Å². The standard InChI is InChI=1S/C13H17BrN2OS/c1-9-11(7-10(14)8-12(9)15)13(17)16-3-2-5-18-6-4-16/h7-8H,2-6,15H2,1H3. The quantitative estimate of drug-likeness (QED) is 0.806. The highest BCUT2D eigenvalue weighted by Crippen LogP contribution is 2.24. The molecule has 0 saturated carbocycles. The van der Waals surface area contributed by atoms with Gasteiger partial charge in [-0.15, -0.1) is 0 Å². The summed E-state index contributed by atoms with van der Waals surface area (Å²) in [7, 11) is 0. The minimum absolute atomic E-state index is 0.100. The lowest BCUT2D eigenvalue weighted by molar-refractivity contribution is 0.0768. The zero-order valence-corrected chi connectivity index (χ0v) is 12.8. The molecule has 1 heterocycles. The Kier molecular flexibility index (Phi) is 4.56. The maximum atomic E-state index is 12.5. The predicted octanol–water partition coefficient (Wildman–Crippen LogP) is 2.92. The normalized spacial score (nSPS) is 16.4. The highest BCUT2D eigenvalue weighted by molar-refractivity contribution is 9.10. The smallest absolute Gasteiger partial charge is 0.254 e. The molecular formula is C13H17BrN2OS. The van der Waals surface area contributed by atoms with Gasteiger partial charge in [0.1, 0.15) is 0 Å². The molecule has 5 heteroatoms. The first-order valence-corrected chi connectivity index (χ1v) is 7.97. The molecule has 1 saturated heterocycles. The number of hydrogen-bond donors (Lipinski definition) is 1. The number of halogens is 1. The molecule has 2 rings (SSSR count). The van der Waals surface area contributed by atoms with Crippen molar-refractivity contribution in [1.29, 1.82) is 0 Å². The maximum Gasteiger partial charge on any atom is 0.254 e. The van der Waals surface area contributed by atoms with E-state index in [0.717, 1.165) is 41.1 Å². The number of amides is 1. The molecule has 1 amide bonds. The van der Waals surface area contributed by atoms with Crippen molar-refractivity contribution in [2.45, 2.75) is 13.3 Å². The minimum Gasteiger partial charge on any atom is -0.398 e. The zero-order chi connectivity index (χ0) is 13.1. The number of anilines is 1. The fourth-order valence-electron chi connectivity index (χ4n) is 2.04. The third kappa shape index (κ3) is 3.01. The van der Waals surface area contributed by atoms with E-state index in [2.05, 4.69) is 15.9 Å². The van der Waals surface area contributed by atoms with E-state index in [0.29, 0.717) is 11.3 Å². The van der Waals surface area contributed by atoms with Crippen LogP contribution in [0.3, 0.4) is 0 Å². The van der Waals surface area contributed by atoms with Crippen molar-refractivity contribution in [2.24, 2.45) is 0 Å². The third-order valence-electron chi connectivity index (χ3n) is 3.15. The Labute approximate surface area is 120 Å². The second-order valence-corrected chi connectivity index (χ2v) is 6.57. The van der Waals surface area contributed by atoms with Crippen LogP contribution >= 0.6 is 27.7 Å². The van der Waals surface area contributed by atoms with Crippen LogP contribution in [0, 0.1) is 6.92 Å². The van der Waals surface area contributed by atoms with Gasteiger partial charge < -0.3 is 10.6 Å². The second-order valence-electron chi connectivity index (χ2n) is 4.43. The summed E-state index contributed by atoms with van der Waals surface area (Å²) < 4.78 is 0.859. The van der Waals surface area contributed by atoms with E-state index in [4.69, 9.17) is 5.73 Å². The highest BCUT2D eigenvalue weighted by atomic mass is 79.9. The molecule has 0 aromatic heterocycles.